The lowest BCUT2D eigenvalue weighted by molar-refractivity contribution is 0.102. The van der Waals surface area contributed by atoms with Gasteiger partial charge < -0.3 is 15.8 Å². The first kappa shape index (κ1) is 23.2. The second-order valence-corrected chi connectivity index (χ2v) is 12.1. The highest BCUT2D eigenvalue weighted by Crippen LogP contribution is 2.48. The fraction of sp³-hybridized carbons (Fsp3) is 0.429. The molecule has 1 saturated heterocycles. The standard InChI is InChI=1S/C21H26F2N6O3S/c1-20(2)19(24)29-21(3,15-8-9-26-33(15,20)31)17-13(23)5-7-16(27-17)28-18(30)14-6-4-12(10-25-14)32-11-22/h4-7,10,15,33H,8-9,11H2,1-3H3,(H2,24,29)(H,26,31)(H,27,28,30)/t15-,21?/m1/s1. The number of nitrogens with one attached hydrogen (secondary N) is 2. The molecule has 4 heterocycles. The summed E-state index contributed by atoms with van der Waals surface area (Å²) in [5.74, 6) is -0.833. The highest BCUT2D eigenvalue weighted by Gasteiger charge is 2.59. The van der Waals surface area contributed by atoms with Crippen LogP contribution in [0.4, 0.5) is 14.6 Å². The van der Waals surface area contributed by atoms with E-state index in [1.165, 1.54) is 30.5 Å². The number of thiol groups is 1. The number of halogens is 2. The van der Waals surface area contributed by atoms with E-state index in [1.807, 2.05) is 0 Å². The SMILES string of the molecule is CC1(c2nc(NC(=O)c3ccc(OCF)cn3)ccc2F)N=C(N)C(C)(C)[SH]2(=O)NCC[C@H]12. The minimum Gasteiger partial charge on any atom is -0.461 e. The Morgan fingerprint density at radius 1 is 1.33 bits per heavy atom. The lowest BCUT2D eigenvalue weighted by Crippen LogP contribution is -2.64. The highest BCUT2D eigenvalue weighted by atomic mass is 32.3. The van der Waals surface area contributed by atoms with Crippen molar-refractivity contribution in [2.75, 3.05) is 18.7 Å². The zero-order valence-corrected chi connectivity index (χ0v) is 19.3. The number of aliphatic imine (C=N–C) groups is 1. The third-order valence-corrected chi connectivity index (χ3v) is 10.6. The first-order valence-corrected chi connectivity index (χ1v) is 12.1. The second kappa shape index (κ2) is 8.10. The molecule has 0 aromatic carbocycles. The van der Waals surface area contributed by atoms with Gasteiger partial charge in [-0.25, -0.2) is 18.7 Å². The predicted molar refractivity (Wildman–Crippen MR) is 122 cm³/mol. The number of amidine groups is 1. The second-order valence-electron chi connectivity index (χ2n) is 8.69. The molecule has 178 valence electrons. The summed E-state index contributed by atoms with van der Waals surface area (Å²) >= 11 is 0. The van der Waals surface area contributed by atoms with Crippen LogP contribution in [0.25, 0.3) is 0 Å². The van der Waals surface area contributed by atoms with E-state index in [1.54, 1.807) is 20.8 Å². The van der Waals surface area contributed by atoms with Crippen LogP contribution in [0, 0.1) is 5.82 Å². The molecule has 0 saturated carbocycles. The summed E-state index contributed by atoms with van der Waals surface area (Å²) in [5, 5.41) is 2.06. The van der Waals surface area contributed by atoms with Crippen molar-refractivity contribution in [1.29, 1.82) is 0 Å². The molecule has 1 fully saturated rings. The zero-order chi connectivity index (χ0) is 24.0. The van der Waals surface area contributed by atoms with E-state index in [-0.39, 0.29) is 28.8 Å². The average Bonchev–Trinajstić information content (AvgIpc) is 3.19. The van der Waals surface area contributed by atoms with Crippen LogP contribution in [0.3, 0.4) is 0 Å². The van der Waals surface area contributed by atoms with E-state index >= 15 is 4.39 Å². The van der Waals surface area contributed by atoms with Crippen LogP contribution in [-0.4, -0.2) is 49.3 Å². The highest BCUT2D eigenvalue weighted by molar-refractivity contribution is 8.04. The number of carbonyl (C=O) groups excluding carboxylic acids is 1. The van der Waals surface area contributed by atoms with Crippen molar-refractivity contribution in [3.63, 3.8) is 0 Å². The molecule has 2 aliphatic rings. The molecular formula is C21H26F2N6O3S. The molecule has 1 unspecified atom stereocenters. The number of anilines is 1. The molecule has 0 spiro atoms. The summed E-state index contributed by atoms with van der Waals surface area (Å²) in [7, 11) is -3.09. The molecule has 0 radical (unpaired) electrons. The van der Waals surface area contributed by atoms with Gasteiger partial charge in [0.1, 0.15) is 40.1 Å². The van der Waals surface area contributed by atoms with Gasteiger partial charge in [-0.15, -0.1) is 0 Å². The van der Waals surface area contributed by atoms with Crippen LogP contribution in [0.2, 0.25) is 0 Å². The molecule has 12 heteroatoms. The van der Waals surface area contributed by atoms with Crippen molar-refractivity contribution in [2.24, 2.45) is 10.7 Å². The van der Waals surface area contributed by atoms with Crippen LogP contribution in [0.1, 0.15) is 43.4 Å². The fourth-order valence-corrected chi connectivity index (χ4v) is 8.06. The maximum Gasteiger partial charge on any atom is 0.275 e. The molecular weight excluding hydrogens is 454 g/mol. The number of fused-ring (bicyclic) bond motifs is 1. The Bertz CT molecular complexity index is 1170. The van der Waals surface area contributed by atoms with Gasteiger partial charge in [0, 0.05) is 6.54 Å². The van der Waals surface area contributed by atoms with E-state index < -0.39 is 44.2 Å². The van der Waals surface area contributed by atoms with Crippen molar-refractivity contribution in [2.45, 2.75) is 42.7 Å². The van der Waals surface area contributed by atoms with Gasteiger partial charge >= 0.3 is 0 Å². The minimum atomic E-state index is -3.09. The topological polar surface area (TPSA) is 132 Å². The van der Waals surface area contributed by atoms with E-state index in [0.717, 1.165) is 0 Å². The Morgan fingerprint density at radius 3 is 2.76 bits per heavy atom. The number of aromatic nitrogens is 2. The Kier molecular flexibility index (Phi) is 5.69. The molecule has 4 N–H and O–H groups in total. The van der Waals surface area contributed by atoms with Gasteiger partial charge in [0.2, 0.25) is 6.86 Å². The zero-order valence-electron chi connectivity index (χ0n) is 18.4. The van der Waals surface area contributed by atoms with E-state index in [0.29, 0.717) is 13.0 Å². The third-order valence-electron chi connectivity index (χ3n) is 6.42. The molecule has 9 nitrogen and oxygen atoms in total. The molecule has 0 bridgehead atoms. The van der Waals surface area contributed by atoms with Crippen molar-refractivity contribution in [3.8, 4) is 5.75 Å². The van der Waals surface area contributed by atoms with Crippen molar-refractivity contribution < 1.29 is 22.5 Å². The van der Waals surface area contributed by atoms with Crippen LogP contribution in [0.5, 0.6) is 5.75 Å². The molecule has 2 atom stereocenters. The van der Waals surface area contributed by atoms with Crippen molar-refractivity contribution in [3.05, 3.63) is 47.7 Å². The van der Waals surface area contributed by atoms with Crippen molar-refractivity contribution >= 4 is 27.7 Å². The summed E-state index contributed by atoms with van der Waals surface area (Å²) in [6.07, 6.45) is 1.73. The number of carbonyl (C=O) groups is 1. The number of nitrogens with zero attached hydrogens (tertiary/aromatic N) is 3. The van der Waals surface area contributed by atoms with Gasteiger partial charge in [-0.05, 0) is 61.6 Å². The Morgan fingerprint density at radius 2 is 2.09 bits per heavy atom. The van der Waals surface area contributed by atoms with Gasteiger partial charge in [-0.2, -0.15) is 0 Å². The summed E-state index contributed by atoms with van der Waals surface area (Å²) in [6.45, 7) is 4.70. The Labute approximate surface area is 190 Å². The Hall–Kier alpha value is -2.99. The first-order valence-electron chi connectivity index (χ1n) is 10.4. The minimum absolute atomic E-state index is 0.0336. The smallest absolute Gasteiger partial charge is 0.275 e. The maximum absolute atomic E-state index is 15.0. The number of hydrogen-bond acceptors (Lipinski definition) is 7. The van der Waals surface area contributed by atoms with Gasteiger partial charge in [0.05, 0.1) is 16.2 Å². The van der Waals surface area contributed by atoms with E-state index in [9.17, 15) is 13.4 Å². The lowest BCUT2D eigenvalue weighted by Gasteiger charge is -2.50. The van der Waals surface area contributed by atoms with Gasteiger partial charge in [0.25, 0.3) is 5.91 Å². The Balaban J connectivity index is 1.68. The quantitative estimate of drug-likeness (QED) is 0.483. The van der Waals surface area contributed by atoms with E-state index in [2.05, 4.69) is 29.7 Å². The number of amides is 1. The summed E-state index contributed by atoms with van der Waals surface area (Å²) in [6, 6.07) is 5.25. The van der Waals surface area contributed by atoms with Crippen LogP contribution >= 0.6 is 0 Å². The van der Waals surface area contributed by atoms with Gasteiger partial charge in [-0.1, -0.05) is 0 Å². The molecule has 2 aliphatic heterocycles. The summed E-state index contributed by atoms with van der Waals surface area (Å²) in [5.41, 5.74) is 4.92. The van der Waals surface area contributed by atoms with Gasteiger partial charge in [0.15, 0.2) is 0 Å². The van der Waals surface area contributed by atoms with Gasteiger partial charge in [-0.3, -0.25) is 18.7 Å². The molecule has 33 heavy (non-hydrogen) atoms. The molecule has 1 amide bonds. The number of nitrogens with two attached hydrogens (primary N) is 1. The summed E-state index contributed by atoms with van der Waals surface area (Å²) in [4.78, 5) is 25.4. The van der Waals surface area contributed by atoms with Crippen LogP contribution in [-0.2, 0) is 15.7 Å². The summed E-state index contributed by atoms with van der Waals surface area (Å²) < 4.78 is 48.1. The number of ether oxygens (including phenoxy) is 1. The normalized spacial score (nSPS) is 26.1. The molecule has 4 rings (SSSR count). The fourth-order valence-electron chi connectivity index (χ4n) is 4.43. The average molecular weight is 481 g/mol. The third kappa shape index (κ3) is 3.66. The van der Waals surface area contributed by atoms with Crippen molar-refractivity contribution in [1.82, 2.24) is 14.7 Å². The number of alkyl halides is 1. The lowest BCUT2D eigenvalue weighted by atomic mass is 9.90. The first-order chi connectivity index (χ1) is 15.5. The number of hydrogen-bond donors (Lipinski definition) is 4. The largest absolute Gasteiger partial charge is 0.461 e. The molecule has 0 aliphatic carbocycles. The van der Waals surface area contributed by atoms with E-state index in [4.69, 9.17) is 5.73 Å². The molecule has 2 aromatic heterocycles. The number of pyridine rings is 2. The van der Waals surface area contributed by atoms with Crippen LogP contribution in [0.15, 0.2) is 35.5 Å². The molecule has 2 aromatic rings. The monoisotopic (exact) mass is 480 g/mol. The number of rotatable bonds is 5. The van der Waals surface area contributed by atoms with Crippen LogP contribution < -0.4 is 20.5 Å². The predicted octanol–water partition coefficient (Wildman–Crippen LogP) is 1.83. The maximum atomic E-state index is 15.0.